The molecule has 26 heavy (non-hydrogen) atoms. The molecule has 0 aliphatic carbocycles. The number of carbonyl (C=O) groups is 1. The SMILES string of the molecule is Cc1nc2ccccc2n1CCNC(=O)c1ccc(-n2ccnc2)cc1. The number of para-hydroxylation sites is 2. The molecule has 6 heteroatoms. The van der Waals surface area contributed by atoms with Crippen LogP contribution < -0.4 is 5.32 Å². The van der Waals surface area contributed by atoms with Gasteiger partial charge in [0, 0.05) is 36.7 Å². The van der Waals surface area contributed by atoms with Crippen molar-refractivity contribution in [2.45, 2.75) is 13.5 Å². The van der Waals surface area contributed by atoms with Crippen molar-refractivity contribution in [2.75, 3.05) is 6.54 Å². The topological polar surface area (TPSA) is 64.7 Å². The minimum atomic E-state index is -0.0794. The molecule has 2 aromatic carbocycles. The average molecular weight is 345 g/mol. The van der Waals surface area contributed by atoms with Gasteiger partial charge >= 0.3 is 0 Å². The maximum absolute atomic E-state index is 12.4. The fourth-order valence-electron chi connectivity index (χ4n) is 3.06. The molecule has 0 radical (unpaired) electrons. The lowest BCUT2D eigenvalue weighted by Gasteiger charge is -2.09. The summed E-state index contributed by atoms with van der Waals surface area (Å²) in [4.78, 5) is 20.9. The van der Waals surface area contributed by atoms with Crippen LogP contribution in [0.25, 0.3) is 16.7 Å². The van der Waals surface area contributed by atoms with Crippen LogP contribution in [-0.4, -0.2) is 31.6 Å². The summed E-state index contributed by atoms with van der Waals surface area (Å²) in [5, 5.41) is 2.98. The van der Waals surface area contributed by atoms with E-state index in [1.807, 2.05) is 66.2 Å². The molecule has 4 rings (SSSR count). The molecule has 0 unspecified atom stereocenters. The van der Waals surface area contributed by atoms with Gasteiger partial charge in [-0.25, -0.2) is 9.97 Å². The maximum atomic E-state index is 12.4. The smallest absolute Gasteiger partial charge is 0.251 e. The first kappa shape index (κ1) is 16.1. The van der Waals surface area contributed by atoms with E-state index in [2.05, 4.69) is 19.9 Å². The summed E-state index contributed by atoms with van der Waals surface area (Å²) in [5.74, 6) is 0.870. The third kappa shape index (κ3) is 3.09. The van der Waals surface area contributed by atoms with E-state index in [0.717, 1.165) is 22.5 Å². The molecule has 0 aliphatic rings. The number of nitrogens with one attached hydrogen (secondary N) is 1. The summed E-state index contributed by atoms with van der Waals surface area (Å²) in [7, 11) is 0. The summed E-state index contributed by atoms with van der Waals surface area (Å²) >= 11 is 0. The number of aryl methyl sites for hydroxylation is 1. The molecule has 0 saturated carbocycles. The molecule has 0 fully saturated rings. The number of aromatic nitrogens is 4. The van der Waals surface area contributed by atoms with Crippen molar-refractivity contribution in [2.24, 2.45) is 0 Å². The summed E-state index contributed by atoms with van der Waals surface area (Å²) in [5.41, 5.74) is 3.68. The van der Waals surface area contributed by atoms with Gasteiger partial charge in [-0.2, -0.15) is 0 Å². The van der Waals surface area contributed by atoms with Gasteiger partial charge in [0.15, 0.2) is 0 Å². The highest BCUT2D eigenvalue weighted by molar-refractivity contribution is 5.94. The molecule has 0 spiro atoms. The Morgan fingerprint density at radius 1 is 1.12 bits per heavy atom. The lowest BCUT2D eigenvalue weighted by Crippen LogP contribution is -2.27. The first-order valence-electron chi connectivity index (χ1n) is 8.51. The lowest BCUT2D eigenvalue weighted by molar-refractivity contribution is 0.0952. The first-order chi connectivity index (χ1) is 12.7. The molecule has 0 aliphatic heterocycles. The predicted molar refractivity (Wildman–Crippen MR) is 100 cm³/mol. The van der Waals surface area contributed by atoms with E-state index in [1.54, 1.807) is 12.5 Å². The van der Waals surface area contributed by atoms with Crippen LogP contribution >= 0.6 is 0 Å². The van der Waals surface area contributed by atoms with Crippen LogP contribution in [0.1, 0.15) is 16.2 Å². The van der Waals surface area contributed by atoms with Crippen LogP contribution in [0.2, 0.25) is 0 Å². The van der Waals surface area contributed by atoms with Gasteiger partial charge in [0.1, 0.15) is 5.82 Å². The summed E-state index contributed by atoms with van der Waals surface area (Å²) in [6.07, 6.45) is 5.32. The fourth-order valence-corrected chi connectivity index (χ4v) is 3.06. The van der Waals surface area contributed by atoms with Crippen molar-refractivity contribution in [1.29, 1.82) is 0 Å². The second-order valence-electron chi connectivity index (χ2n) is 6.07. The highest BCUT2D eigenvalue weighted by Crippen LogP contribution is 2.15. The van der Waals surface area contributed by atoms with Crippen molar-refractivity contribution in [3.63, 3.8) is 0 Å². The monoisotopic (exact) mass is 345 g/mol. The zero-order valence-corrected chi connectivity index (χ0v) is 14.5. The van der Waals surface area contributed by atoms with Gasteiger partial charge in [-0.05, 0) is 43.3 Å². The maximum Gasteiger partial charge on any atom is 0.251 e. The predicted octanol–water partition coefficient (Wildman–Crippen LogP) is 2.96. The number of fused-ring (bicyclic) bond motifs is 1. The number of hydrogen-bond donors (Lipinski definition) is 1. The van der Waals surface area contributed by atoms with E-state index in [9.17, 15) is 4.79 Å². The van der Waals surface area contributed by atoms with Gasteiger partial charge in [-0.15, -0.1) is 0 Å². The van der Waals surface area contributed by atoms with Gasteiger partial charge in [0.2, 0.25) is 0 Å². The normalized spacial score (nSPS) is 11.0. The molecule has 4 aromatic rings. The van der Waals surface area contributed by atoms with Crippen LogP contribution in [0.15, 0.2) is 67.3 Å². The van der Waals surface area contributed by atoms with Crippen molar-refractivity contribution in [3.05, 3.63) is 78.6 Å². The van der Waals surface area contributed by atoms with Crippen molar-refractivity contribution >= 4 is 16.9 Å². The molecule has 6 nitrogen and oxygen atoms in total. The lowest BCUT2D eigenvalue weighted by atomic mass is 10.2. The highest BCUT2D eigenvalue weighted by Gasteiger charge is 2.08. The molecule has 0 saturated heterocycles. The largest absolute Gasteiger partial charge is 0.350 e. The minimum absolute atomic E-state index is 0.0794. The Morgan fingerprint density at radius 2 is 1.92 bits per heavy atom. The molecular weight excluding hydrogens is 326 g/mol. The molecule has 1 N–H and O–H groups in total. The van der Waals surface area contributed by atoms with E-state index in [0.29, 0.717) is 18.7 Å². The Hall–Kier alpha value is -3.41. The third-order valence-corrected chi connectivity index (χ3v) is 4.40. The zero-order valence-electron chi connectivity index (χ0n) is 14.5. The van der Waals surface area contributed by atoms with Gasteiger partial charge < -0.3 is 14.5 Å². The Labute approximate surface area is 151 Å². The number of carbonyl (C=O) groups excluding carboxylic acids is 1. The van der Waals surface area contributed by atoms with E-state index < -0.39 is 0 Å². The number of imidazole rings is 2. The summed E-state index contributed by atoms with van der Waals surface area (Å²) < 4.78 is 4.02. The first-order valence-corrected chi connectivity index (χ1v) is 8.51. The van der Waals surface area contributed by atoms with E-state index in [1.165, 1.54) is 0 Å². The second-order valence-corrected chi connectivity index (χ2v) is 6.07. The molecule has 0 bridgehead atoms. The Bertz CT molecular complexity index is 1030. The molecule has 2 heterocycles. The van der Waals surface area contributed by atoms with Crippen LogP contribution in [-0.2, 0) is 6.54 Å². The van der Waals surface area contributed by atoms with E-state index >= 15 is 0 Å². The van der Waals surface area contributed by atoms with Crippen molar-refractivity contribution in [1.82, 2.24) is 24.4 Å². The van der Waals surface area contributed by atoms with Gasteiger partial charge in [0.05, 0.1) is 17.4 Å². The Kier molecular flexibility index (Phi) is 4.23. The average Bonchev–Trinajstić information content (AvgIpc) is 3.30. The zero-order chi connectivity index (χ0) is 17.9. The van der Waals surface area contributed by atoms with E-state index in [-0.39, 0.29) is 5.91 Å². The van der Waals surface area contributed by atoms with Crippen LogP contribution in [0.5, 0.6) is 0 Å². The fraction of sp³-hybridized carbons (Fsp3) is 0.150. The van der Waals surface area contributed by atoms with Gasteiger partial charge in [-0.3, -0.25) is 4.79 Å². The minimum Gasteiger partial charge on any atom is -0.350 e. The number of hydrogen-bond acceptors (Lipinski definition) is 3. The Morgan fingerprint density at radius 3 is 2.69 bits per heavy atom. The third-order valence-electron chi connectivity index (χ3n) is 4.40. The summed E-state index contributed by atoms with van der Waals surface area (Å²) in [6, 6.07) is 15.5. The summed E-state index contributed by atoms with van der Waals surface area (Å²) in [6.45, 7) is 3.21. The molecule has 2 aromatic heterocycles. The number of rotatable bonds is 5. The number of amides is 1. The molecule has 130 valence electrons. The molecule has 0 atom stereocenters. The van der Waals surface area contributed by atoms with Crippen molar-refractivity contribution < 1.29 is 4.79 Å². The van der Waals surface area contributed by atoms with Crippen LogP contribution in [0.4, 0.5) is 0 Å². The van der Waals surface area contributed by atoms with Crippen molar-refractivity contribution in [3.8, 4) is 5.69 Å². The second kappa shape index (κ2) is 6.84. The number of nitrogens with zero attached hydrogens (tertiary/aromatic N) is 4. The molecule has 1 amide bonds. The quantitative estimate of drug-likeness (QED) is 0.605. The van der Waals surface area contributed by atoms with E-state index in [4.69, 9.17) is 0 Å². The standard InChI is InChI=1S/C20H19N5O/c1-15-23-18-4-2-3-5-19(18)25(15)13-11-22-20(26)16-6-8-17(9-7-16)24-12-10-21-14-24/h2-10,12,14H,11,13H2,1H3,(H,22,26). The number of benzene rings is 2. The van der Waals surface area contributed by atoms with Gasteiger partial charge in [-0.1, -0.05) is 12.1 Å². The highest BCUT2D eigenvalue weighted by atomic mass is 16.1. The molecular formula is C20H19N5O. The Balaban J connectivity index is 1.40. The van der Waals surface area contributed by atoms with Gasteiger partial charge in [0.25, 0.3) is 5.91 Å². The van der Waals surface area contributed by atoms with Crippen LogP contribution in [0.3, 0.4) is 0 Å². The van der Waals surface area contributed by atoms with Crippen LogP contribution in [0, 0.1) is 6.92 Å².